The lowest BCUT2D eigenvalue weighted by Crippen LogP contribution is -2.39. The van der Waals surface area contributed by atoms with Gasteiger partial charge in [-0.15, -0.1) is 0 Å². The van der Waals surface area contributed by atoms with Crippen molar-refractivity contribution in [3.8, 4) is 0 Å². The molecule has 0 unspecified atom stereocenters. The van der Waals surface area contributed by atoms with E-state index in [1.54, 1.807) is 0 Å². The molecule has 1 aliphatic rings. The quantitative estimate of drug-likeness (QED) is 0.745. The number of amidine groups is 1. The van der Waals surface area contributed by atoms with Crippen LogP contribution in [0.4, 0.5) is 0 Å². The maximum absolute atomic E-state index is 7.46. The monoisotopic (exact) mass is 210 g/mol. The van der Waals surface area contributed by atoms with Gasteiger partial charge >= 0.3 is 0 Å². The minimum atomic E-state index is 0.00458. The van der Waals surface area contributed by atoms with Gasteiger partial charge in [0.2, 0.25) is 0 Å². The molecule has 0 radical (unpaired) electrons. The van der Waals surface area contributed by atoms with E-state index in [-0.39, 0.29) is 6.04 Å². The van der Waals surface area contributed by atoms with Crippen LogP contribution in [0.2, 0.25) is 5.02 Å². The Morgan fingerprint density at radius 2 is 2.21 bits per heavy atom. The van der Waals surface area contributed by atoms with Crippen molar-refractivity contribution in [2.75, 3.05) is 13.2 Å². The van der Waals surface area contributed by atoms with Gasteiger partial charge in [-0.2, -0.15) is 0 Å². The molecule has 2 rings (SSSR count). The molecule has 1 aromatic carbocycles. The first-order chi connectivity index (χ1) is 6.77. The van der Waals surface area contributed by atoms with Gasteiger partial charge in [-0.3, -0.25) is 5.41 Å². The van der Waals surface area contributed by atoms with Gasteiger partial charge in [0.25, 0.3) is 0 Å². The fourth-order valence-electron chi connectivity index (χ4n) is 1.50. The fourth-order valence-corrected chi connectivity index (χ4v) is 1.77. The average Bonchev–Trinajstić information content (AvgIpc) is 2.18. The number of halogens is 1. The largest absolute Gasteiger partial charge is 0.371 e. The van der Waals surface area contributed by atoms with E-state index in [0.717, 1.165) is 5.56 Å². The second-order valence-electron chi connectivity index (χ2n) is 3.21. The molecule has 0 amide bonds. The third-order valence-electron chi connectivity index (χ3n) is 2.16. The molecule has 0 bridgehead atoms. The standard InChI is InChI=1S/C10H11ClN2O/c11-8-4-2-1-3-7(8)9-5-14-6-10(12)13-9/h1-4,9H,5-6H2,(H2,12,13)/t9-/m1/s1. The number of rotatable bonds is 1. The highest BCUT2D eigenvalue weighted by atomic mass is 35.5. The summed E-state index contributed by atoms with van der Waals surface area (Å²) in [7, 11) is 0. The maximum atomic E-state index is 7.46. The van der Waals surface area contributed by atoms with Gasteiger partial charge in [-0.25, -0.2) is 0 Å². The Balaban J connectivity index is 2.22. The van der Waals surface area contributed by atoms with E-state index in [2.05, 4.69) is 5.32 Å². The molecular formula is C10H11ClN2O. The Bertz CT molecular complexity index is 354. The molecule has 1 aliphatic heterocycles. The highest BCUT2D eigenvalue weighted by Gasteiger charge is 2.19. The van der Waals surface area contributed by atoms with Gasteiger partial charge in [-0.1, -0.05) is 29.8 Å². The lowest BCUT2D eigenvalue weighted by Gasteiger charge is -2.26. The first kappa shape index (κ1) is 9.49. The molecule has 0 aliphatic carbocycles. The predicted molar refractivity (Wildman–Crippen MR) is 55.9 cm³/mol. The number of benzene rings is 1. The third kappa shape index (κ3) is 1.89. The number of hydrogen-bond donors (Lipinski definition) is 2. The van der Waals surface area contributed by atoms with E-state index in [9.17, 15) is 0 Å². The summed E-state index contributed by atoms with van der Waals surface area (Å²) >= 11 is 6.04. The summed E-state index contributed by atoms with van der Waals surface area (Å²) in [5.74, 6) is 0.404. The SMILES string of the molecule is N=C1COC[C@H](c2ccccc2Cl)N1. The summed E-state index contributed by atoms with van der Waals surface area (Å²) in [6.07, 6.45) is 0. The molecule has 0 saturated carbocycles. The van der Waals surface area contributed by atoms with Crippen LogP contribution in [-0.4, -0.2) is 19.0 Å². The molecule has 14 heavy (non-hydrogen) atoms. The van der Waals surface area contributed by atoms with E-state index in [4.69, 9.17) is 21.7 Å². The Morgan fingerprint density at radius 1 is 1.43 bits per heavy atom. The molecule has 2 N–H and O–H groups in total. The molecule has 1 heterocycles. The van der Waals surface area contributed by atoms with Gasteiger partial charge in [-0.05, 0) is 11.6 Å². The lowest BCUT2D eigenvalue weighted by atomic mass is 10.1. The molecule has 4 heteroatoms. The summed E-state index contributed by atoms with van der Waals surface area (Å²) in [5, 5.41) is 11.2. The fraction of sp³-hybridized carbons (Fsp3) is 0.300. The number of ether oxygens (including phenoxy) is 1. The van der Waals surface area contributed by atoms with Crippen molar-refractivity contribution in [3.05, 3.63) is 34.9 Å². The van der Waals surface area contributed by atoms with Crippen molar-refractivity contribution < 1.29 is 4.74 Å². The van der Waals surface area contributed by atoms with Gasteiger partial charge in [0.1, 0.15) is 12.4 Å². The number of morpholine rings is 1. The number of nitrogens with one attached hydrogen (secondary N) is 2. The summed E-state index contributed by atoms with van der Waals surface area (Å²) in [5.41, 5.74) is 0.985. The highest BCUT2D eigenvalue weighted by Crippen LogP contribution is 2.23. The lowest BCUT2D eigenvalue weighted by molar-refractivity contribution is 0.128. The van der Waals surface area contributed by atoms with Gasteiger partial charge in [0, 0.05) is 5.02 Å². The van der Waals surface area contributed by atoms with Crippen molar-refractivity contribution in [1.29, 1.82) is 5.41 Å². The van der Waals surface area contributed by atoms with Gasteiger partial charge in [0.05, 0.1) is 12.6 Å². The van der Waals surface area contributed by atoms with Crippen molar-refractivity contribution in [1.82, 2.24) is 5.32 Å². The zero-order valence-electron chi connectivity index (χ0n) is 7.59. The molecule has 1 atom stereocenters. The summed E-state index contributed by atoms with van der Waals surface area (Å²) < 4.78 is 5.26. The molecule has 1 fully saturated rings. The van der Waals surface area contributed by atoms with E-state index in [0.29, 0.717) is 24.1 Å². The van der Waals surface area contributed by atoms with E-state index in [1.165, 1.54) is 0 Å². The molecule has 3 nitrogen and oxygen atoms in total. The van der Waals surface area contributed by atoms with Crippen LogP contribution in [0.5, 0.6) is 0 Å². The Hall–Kier alpha value is -1.06. The highest BCUT2D eigenvalue weighted by molar-refractivity contribution is 6.31. The second-order valence-corrected chi connectivity index (χ2v) is 3.62. The zero-order chi connectivity index (χ0) is 9.97. The summed E-state index contributed by atoms with van der Waals surface area (Å²) in [6, 6.07) is 7.62. The maximum Gasteiger partial charge on any atom is 0.120 e. The van der Waals surface area contributed by atoms with Crippen molar-refractivity contribution >= 4 is 17.4 Å². The van der Waals surface area contributed by atoms with Crippen LogP contribution < -0.4 is 5.32 Å². The first-order valence-electron chi connectivity index (χ1n) is 4.43. The van der Waals surface area contributed by atoms with E-state index >= 15 is 0 Å². The smallest absolute Gasteiger partial charge is 0.120 e. The molecule has 0 spiro atoms. The van der Waals surface area contributed by atoms with Crippen molar-refractivity contribution in [3.63, 3.8) is 0 Å². The van der Waals surface area contributed by atoms with Crippen LogP contribution >= 0.6 is 11.6 Å². The molecular weight excluding hydrogens is 200 g/mol. The van der Waals surface area contributed by atoms with Crippen LogP contribution in [0.3, 0.4) is 0 Å². The Labute approximate surface area is 87.5 Å². The van der Waals surface area contributed by atoms with Crippen LogP contribution in [-0.2, 0) is 4.74 Å². The Kier molecular flexibility index (Phi) is 2.70. The van der Waals surface area contributed by atoms with Crippen LogP contribution in [0, 0.1) is 5.41 Å². The third-order valence-corrected chi connectivity index (χ3v) is 2.50. The Morgan fingerprint density at radius 3 is 2.93 bits per heavy atom. The topological polar surface area (TPSA) is 45.1 Å². The zero-order valence-corrected chi connectivity index (χ0v) is 8.34. The van der Waals surface area contributed by atoms with Gasteiger partial charge < -0.3 is 10.1 Å². The van der Waals surface area contributed by atoms with E-state index in [1.807, 2.05) is 24.3 Å². The predicted octanol–water partition coefficient (Wildman–Crippen LogP) is 1.98. The van der Waals surface area contributed by atoms with Crippen LogP contribution in [0.25, 0.3) is 0 Å². The first-order valence-corrected chi connectivity index (χ1v) is 4.81. The summed E-state index contributed by atoms with van der Waals surface area (Å²) in [6.45, 7) is 0.924. The van der Waals surface area contributed by atoms with Crippen molar-refractivity contribution in [2.45, 2.75) is 6.04 Å². The summed E-state index contributed by atoms with van der Waals surface area (Å²) in [4.78, 5) is 0. The van der Waals surface area contributed by atoms with Crippen molar-refractivity contribution in [2.24, 2.45) is 0 Å². The molecule has 0 aromatic heterocycles. The average molecular weight is 211 g/mol. The minimum Gasteiger partial charge on any atom is -0.371 e. The second kappa shape index (κ2) is 3.98. The molecule has 74 valence electrons. The normalized spacial score (nSPS) is 21.8. The van der Waals surface area contributed by atoms with Crippen LogP contribution in [0.15, 0.2) is 24.3 Å². The molecule has 1 aromatic rings. The van der Waals surface area contributed by atoms with E-state index < -0.39 is 0 Å². The van der Waals surface area contributed by atoms with Crippen LogP contribution in [0.1, 0.15) is 11.6 Å². The number of hydrogen-bond acceptors (Lipinski definition) is 2. The van der Waals surface area contributed by atoms with Gasteiger partial charge in [0.15, 0.2) is 0 Å². The molecule has 1 saturated heterocycles. The minimum absolute atomic E-state index is 0.00458.